The van der Waals surface area contributed by atoms with Crippen LogP contribution in [0.3, 0.4) is 0 Å². The SMILES string of the molecule is CC(CN1CCCC(C)C1C)=C1CNC1. The van der Waals surface area contributed by atoms with E-state index in [0.29, 0.717) is 0 Å². The Morgan fingerprint density at radius 3 is 2.73 bits per heavy atom. The van der Waals surface area contributed by atoms with Crippen LogP contribution in [-0.4, -0.2) is 37.1 Å². The third-order valence-electron chi connectivity index (χ3n) is 4.22. The number of nitrogens with zero attached hydrogens (tertiary/aromatic N) is 1. The smallest absolute Gasteiger partial charge is 0.0196 e. The Bertz CT molecular complexity index is 251. The Balaban J connectivity index is 1.92. The highest BCUT2D eigenvalue weighted by Crippen LogP contribution is 2.24. The molecule has 2 heteroatoms. The minimum absolute atomic E-state index is 0.766. The molecule has 0 aromatic heterocycles. The zero-order valence-corrected chi connectivity index (χ0v) is 10.3. The van der Waals surface area contributed by atoms with Gasteiger partial charge in [0.1, 0.15) is 0 Å². The molecule has 2 rings (SSSR count). The summed E-state index contributed by atoms with van der Waals surface area (Å²) in [5.41, 5.74) is 3.25. The fourth-order valence-corrected chi connectivity index (χ4v) is 2.61. The van der Waals surface area contributed by atoms with Crippen molar-refractivity contribution < 1.29 is 0 Å². The van der Waals surface area contributed by atoms with Gasteiger partial charge in [0.25, 0.3) is 0 Å². The monoisotopic (exact) mass is 208 g/mol. The Morgan fingerprint density at radius 1 is 1.40 bits per heavy atom. The predicted octanol–water partition coefficient (Wildman–Crippen LogP) is 2.03. The molecule has 2 fully saturated rings. The largest absolute Gasteiger partial charge is 0.309 e. The molecule has 0 aliphatic carbocycles. The molecule has 2 nitrogen and oxygen atoms in total. The van der Waals surface area contributed by atoms with Gasteiger partial charge in [-0.05, 0) is 44.7 Å². The summed E-state index contributed by atoms with van der Waals surface area (Å²) in [5, 5.41) is 3.32. The summed E-state index contributed by atoms with van der Waals surface area (Å²) < 4.78 is 0. The second-order valence-electron chi connectivity index (χ2n) is 5.32. The van der Waals surface area contributed by atoms with E-state index in [1.165, 1.54) is 25.9 Å². The van der Waals surface area contributed by atoms with Crippen LogP contribution in [0.15, 0.2) is 11.1 Å². The topological polar surface area (TPSA) is 15.3 Å². The molecule has 15 heavy (non-hydrogen) atoms. The molecule has 86 valence electrons. The van der Waals surface area contributed by atoms with Crippen LogP contribution in [0.4, 0.5) is 0 Å². The van der Waals surface area contributed by atoms with Crippen LogP contribution in [-0.2, 0) is 0 Å². The lowest BCUT2D eigenvalue weighted by atomic mass is 9.91. The first-order valence-corrected chi connectivity index (χ1v) is 6.30. The van der Waals surface area contributed by atoms with Crippen LogP contribution < -0.4 is 5.32 Å². The van der Waals surface area contributed by atoms with Crippen LogP contribution in [0.1, 0.15) is 33.6 Å². The van der Waals surface area contributed by atoms with Gasteiger partial charge in [0.05, 0.1) is 0 Å². The maximum Gasteiger partial charge on any atom is 0.0196 e. The van der Waals surface area contributed by atoms with E-state index >= 15 is 0 Å². The average Bonchev–Trinajstić information content (AvgIpc) is 2.10. The van der Waals surface area contributed by atoms with Gasteiger partial charge in [-0.2, -0.15) is 0 Å². The number of likely N-dealkylation sites (tertiary alicyclic amines) is 1. The Hall–Kier alpha value is -0.340. The van der Waals surface area contributed by atoms with Gasteiger partial charge in [-0.1, -0.05) is 12.5 Å². The molecule has 2 aliphatic rings. The lowest BCUT2D eigenvalue weighted by molar-refractivity contribution is 0.124. The molecular formula is C13H24N2. The van der Waals surface area contributed by atoms with Crippen LogP contribution in [0.2, 0.25) is 0 Å². The maximum atomic E-state index is 3.32. The van der Waals surface area contributed by atoms with Crippen molar-refractivity contribution >= 4 is 0 Å². The lowest BCUT2D eigenvalue weighted by Crippen LogP contribution is -2.44. The van der Waals surface area contributed by atoms with E-state index in [4.69, 9.17) is 0 Å². The maximum absolute atomic E-state index is 3.32. The van der Waals surface area contributed by atoms with Gasteiger partial charge in [0, 0.05) is 25.7 Å². The van der Waals surface area contributed by atoms with E-state index in [1.807, 2.05) is 0 Å². The normalized spacial score (nSPS) is 32.6. The van der Waals surface area contributed by atoms with E-state index in [0.717, 1.165) is 25.0 Å². The summed E-state index contributed by atoms with van der Waals surface area (Å²) in [6.45, 7) is 11.8. The molecule has 1 N–H and O–H groups in total. The molecule has 0 aromatic rings. The van der Waals surface area contributed by atoms with Crippen molar-refractivity contribution in [3.63, 3.8) is 0 Å². The van der Waals surface area contributed by atoms with Gasteiger partial charge in [0.2, 0.25) is 0 Å². The summed E-state index contributed by atoms with van der Waals surface area (Å²) in [7, 11) is 0. The predicted molar refractivity (Wildman–Crippen MR) is 65.0 cm³/mol. The molecular weight excluding hydrogens is 184 g/mol. The second-order valence-corrected chi connectivity index (χ2v) is 5.32. The molecule has 2 aliphatic heterocycles. The Labute approximate surface area is 93.7 Å². The highest BCUT2D eigenvalue weighted by Gasteiger charge is 2.25. The summed E-state index contributed by atoms with van der Waals surface area (Å²) in [4.78, 5) is 2.66. The molecule has 2 unspecified atom stereocenters. The summed E-state index contributed by atoms with van der Waals surface area (Å²) in [6, 6.07) is 0.766. The molecule has 2 heterocycles. The average molecular weight is 208 g/mol. The molecule has 0 spiro atoms. The van der Waals surface area contributed by atoms with Crippen molar-refractivity contribution in [3.8, 4) is 0 Å². The number of piperidine rings is 1. The zero-order chi connectivity index (χ0) is 10.8. The van der Waals surface area contributed by atoms with E-state index in [2.05, 4.69) is 31.0 Å². The molecule has 0 amide bonds. The van der Waals surface area contributed by atoms with Gasteiger partial charge < -0.3 is 5.32 Å². The Morgan fingerprint density at radius 2 is 2.13 bits per heavy atom. The first-order valence-electron chi connectivity index (χ1n) is 6.30. The van der Waals surface area contributed by atoms with Crippen LogP contribution in [0.25, 0.3) is 0 Å². The third-order valence-corrected chi connectivity index (χ3v) is 4.22. The van der Waals surface area contributed by atoms with Gasteiger partial charge >= 0.3 is 0 Å². The third kappa shape index (κ3) is 2.43. The fraction of sp³-hybridized carbons (Fsp3) is 0.846. The summed E-state index contributed by atoms with van der Waals surface area (Å²) >= 11 is 0. The molecule has 0 aromatic carbocycles. The second kappa shape index (κ2) is 4.67. The minimum Gasteiger partial charge on any atom is -0.309 e. The van der Waals surface area contributed by atoms with E-state index < -0.39 is 0 Å². The molecule has 2 saturated heterocycles. The zero-order valence-electron chi connectivity index (χ0n) is 10.3. The number of hydrogen-bond acceptors (Lipinski definition) is 2. The quantitative estimate of drug-likeness (QED) is 0.699. The van der Waals surface area contributed by atoms with Gasteiger partial charge in [-0.3, -0.25) is 4.90 Å². The summed E-state index contributed by atoms with van der Waals surface area (Å²) in [5.74, 6) is 0.871. The molecule has 0 radical (unpaired) electrons. The standard InChI is InChI=1S/C13H24N2/c1-10-5-4-6-15(12(10)3)9-11(2)13-7-14-8-13/h10,12,14H,4-9H2,1-3H3. The highest BCUT2D eigenvalue weighted by atomic mass is 15.2. The van der Waals surface area contributed by atoms with Crippen LogP contribution >= 0.6 is 0 Å². The highest BCUT2D eigenvalue weighted by molar-refractivity contribution is 5.22. The fourth-order valence-electron chi connectivity index (χ4n) is 2.61. The lowest BCUT2D eigenvalue weighted by Gasteiger charge is -2.39. The molecule has 0 bridgehead atoms. The molecule has 2 atom stereocenters. The first-order chi connectivity index (χ1) is 7.18. The van der Waals surface area contributed by atoms with Crippen molar-refractivity contribution in [2.45, 2.75) is 39.7 Å². The van der Waals surface area contributed by atoms with Crippen LogP contribution in [0.5, 0.6) is 0 Å². The van der Waals surface area contributed by atoms with Crippen molar-refractivity contribution in [1.82, 2.24) is 10.2 Å². The van der Waals surface area contributed by atoms with Gasteiger partial charge in [-0.15, -0.1) is 0 Å². The van der Waals surface area contributed by atoms with E-state index in [-0.39, 0.29) is 0 Å². The van der Waals surface area contributed by atoms with E-state index in [9.17, 15) is 0 Å². The first kappa shape index (κ1) is 11.2. The van der Waals surface area contributed by atoms with E-state index in [1.54, 1.807) is 11.1 Å². The summed E-state index contributed by atoms with van der Waals surface area (Å²) in [6.07, 6.45) is 2.79. The van der Waals surface area contributed by atoms with Crippen molar-refractivity contribution in [2.75, 3.05) is 26.2 Å². The number of rotatable bonds is 2. The Kier molecular flexibility index (Phi) is 3.47. The minimum atomic E-state index is 0.766. The number of hydrogen-bond donors (Lipinski definition) is 1. The van der Waals surface area contributed by atoms with Crippen molar-refractivity contribution in [2.24, 2.45) is 5.92 Å². The van der Waals surface area contributed by atoms with Crippen LogP contribution in [0, 0.1) is 5.92 Å². The number of nitrogens with one attached hydrogen (secondary N) is 1. The van der Waals surface area contributed by atoms with Crippen molar-refractivity contribution in [1.29, 1.82) is 0 Å². The van der Waals surface area contributed by atoms with Crippen molar-refractivity contribution in [3.05, 3.63) is 11.1 Å². The molecule has 0 saturated carbocycles. The van der Waals surface area contributed by atoms with Gasteiger partial charge in [0.15, 0.2) is 0 Å². The van der Waals surface area contributed by atoms with Gasteiger partial charge in [-0.25, -0.2) is 0 Å².